The van der Waals surface area contributed by atoms with Crippen LogP contribution in [0.25, 0.3) is 0 Å². The Morgan fingerprint density at radius 2 is 1.74 bits per heavy atom. The summed E-state index contributed by atoms with van der Waals surface area (Å²) in [7, 11) is 1.24. The van der Waals surface area contributed by atoms with E-state index in [2.05, 4.69) is 16.6 Å². The molecule has 13 nitrogen and oxygen atoms in total. The van der Waals surface area contributed by atoms with Crippen LogP contribution >= 0.6 is 0 Å². The summed E-state index contributed by atoms with van der Waals surface area (Å²) in [6.07, 6.45) is 5.91. The molecule has 1 heterocycles. The quantitative estimate of drug-likeness (QED) is 0.0912. The lowest BCUT2D eigenvalue weighted by molar-refractivity contribution is -0.148. The van der Waals surface area contributed by atoms with Gasteiger partial charge in [-0.15, -0.1) is 6.42 Å². The van der Waals surface area contributed by atoms with Gasteiger partial charge in [0.2, 0.25) is 17.6 Å². The number of carbonyl (C=O) groups is 3. The number of rotatable bonds is 21. The van der Waals surface area contributed by atoms with E-state index >= 15 is 0 Å². The van der Waals surface area contributed by atoms with Crippen LogP contribution in [0.4, 0.5) is 0 Å². The zero-order chi connectivity index (χ0) is 28.0. The molecule has 0 saturated carbocycles. The van der Waals surface area contributed by atoms with E-state index in [4.69, 9.17) is 45.3 Å². The van der Waals surface area contributed by atoms with E-state index in [-0.39, 0.29) is 43.9 Å². The first-order valence-electron chi connectivity index (χ1n) is 12.5. The Kier molecular flexibility index (Phi) is 18.6. The van der Waals surface area contributed by atoms with Gasteiger partial charge < -0.3 is 49.5 Å². The number of hydrogen-bond acceptors (Lipinski definition) is 11. The molecule has 2 amide bonds. The molecule has 1 rings (SSSR count). The molecule has 0 aromatic rings. The van der Waals surface area contributed by atoms with Crippen molar-refractivity contribution < 1.29 is 47.5 Å². The maximum atomic E-state index is 12.3. The van der Waals surface area contributed by atoms with Gasteiger partial charge in [0.25, 0.3) is 0 Å². The van der Waals surface area contributed by atoms with Crippen LogP contribution in [0.5, 0.6) is 0 Å². The van der Waals surface area contributed by atoms with Gasteiger partial charge in [0, 0.05) is 13.5 Å². The van der Waals surface area contributed by atoms with Crippen LogP contribution in [0.15, 0.2) is 11.8 Å². The Labute approximate surface area is 224 Å². The number of ether oxygens (including phenoxy) is 7. The summed E-state index contributed by atoms with van der Waals surface area (Å²) < 4.78 is 37.5. The highest BCUT2D eigenvalue weighted by atomic mass is 16.6. The fourth-order valence-corrected chi connectivity index (χ4v) is 3.41. The van der Waals surface area contributed by atoms with Crippen LogP contribution in [-0.4, -0.2) is 116 Å². The molecule has 13 heteroatoms. The Bertz CT molecular complexity index is 771. The molecular weight excluding hydrogens is 502 g/mol. The van der Waals surface area contributed by atoms with Crippen molar-refractivity contribution in [2.45, 2.75) is 38.0 Å². The fraction of sp³-hybridized carbons (Fsp3) is 0.720. The molecule has 0 bridgehead atoms. The molecule has 216 valence electrons. The zero-order valence-electron chi connectivity index (χ0n) is 22.2. The van der Waals surface area contributed by atoms with Crippen molar-refractivity contribution in [2.75, 3.05) is 79.7 Å². The molecule has 0 aliphatic carbocycles. The van der Waals surface area contributed by atoms with E-state index in [1.54, 1.807) is 6.08 Å². The van der Waals surface area contributed by atoms with Gasteiger partial charge in [-0.05, 0) is 25.5 Å². The summed E-state index contributed by atoms with van der Waals surface area (Å²) in [4.78, 5) is 35.8. The summed E-state index contributed by atoms with van der Waals surface area (Å²) in [5.74, 6) is 1.14. The maximum Gasteiger partial charge on any atom is 0.372 e. The lowest BCUT2D eigenvalue weighted by atomic mass is 9.96. The molecule has 38 heavy (non-hydrogen) atoms. The van der Waals surface area contributed by atoms with E-state index < -0.39 is 24.2 Å². The third-order valence-electron chi connectivity index (χ3n) is 5.11. The van der Waals surface area contributed by atoms with E-state index in [9.17, 15) is 14.4 Å². The van der Waals surface area contributed by atoms with E-state index in [1.165, 1.54) is 14.0 Å². The monoisotopic (exact) mass is 543 g/mol. The van der Waals surface area contributed by atoms with Crippen molar-refractivity contribution >= 4 is 17.8 Å². The SMILES string of the molecule is C#CCOCCOCCOCCOCCNC(=O)COC(CCN)C1OC(C(=O)OC)=CCC1NC(C)=O. The van der Waals surface area contributed by atoms with Gasteiger partial charge in [-0.1, -0.05) is 5.92 Å². The third-order valence-corrected chi connectivity index (χ3v) is 5.11. The maximum absolute atomic E-state index is 12.3. The lowest BCUT2D eigenvalue weighted by Crippen LogP contribution is -2.52. The molecule has 1 aliphatic heterocycles. The number of amides is 2. The summed E-state index contributed by atoms with van der Waals surface area (Å²) in [6, 6.07) is -0.462. The van der Waals surface area contributed by atoms with Gasteiger partial charge in [-0.3, -0.25) is 9.59 Å². The summed E-state index contributed by atoms with van der Waals surface area (Å²) >= 11 is 0. The second-order valence-electron chi connectivity index (χ2n) is 8.06. The molecule has 0 radical (unpaired) electrons. The third kappa shape index (κ3) is 14.9. The predicted octanol–water partition coefficient (Wildman–Crippen LogP) is -1.11. The first kappa shape index (κ1) is 33.3. The normalized spacial score (nSPS) is 17.5. The van der Waals surface area contributed by atoms with Crippen molar-refractivity contribution in [1.29, 1.82) is 0 Å². The molecule has 0 aromatic carbocycles. The summed E-state index contributed by atoms with van der Waals surface area (Å²) in [5, 5.41) is 5.49. The molecule has 0 fully saturated rings. The molecule has 0 aromatic heterocycles. The average molecular weight is 544 g/mol. The second-order valence-corrected chi connectivity index (χ2v) is 8.06. The minimum Gasteiger partial charge on any atom is -0.478 e. The van der Waals surface area contributed by atoms with Crippen LogP contribution in [0.3, 0.4) is 0 Å². The van der Waals surface area contributed by atoms with E-state index in [0.29, 0.717) is 59.1 Å². The topological polar surface area (TPSA) is 166 Å². The Morgan fingerprint density at radius 3 is 2.32 bits per heavy atom. The number of methoxy groups -OCH3 is 1. The van der Waals surface area contributed by atoms with E-state index in [1.807, 2.05) is 0 Å². The average Bonchev–Trinajstić information content (AvgIpc) is 2.90. The number of esters is 1. The molecule has 1 aliphatic rings. The number of terminal acetylenes is 1. The first-order chi connectivity index (χ1) is 18.4. The van der Waals surface area contributed by atoms with Crippen molar-refractivity contribution in [2.24, 2.45) is 5.73 Å². The molecule has 0 saturated heterocycles. The number of carbonyl (C=O) groups excluding carboxylic acids is 3. The zero-order valence-corrected chi connectivity index (χ0v) is 22.2. The largest absolute Gasteiger partial charge is 0.478 e. The van der Waals surface area contributed by atoms with Gasteiger partial charge in [0.15, 0.2) is 0 Å². The van der Waals surface area contributed by atoms with Crippen molar-refractivity contribution in [3.05, 3.63) is 11.8 Å². The summed E-state index contributed by atoms with van der Waals surface area (Å²) in [6.45, 7) is 4.76. The van der Waals surface area contributed by atoms with Crippen LogP contribution < -0.4 is 16.4 Å². The number of hydrogen-bond donors (Lipinski definition) is 3. The molecule has 3 atom stereocenters. The van der Waals surface area contributed by atoms with Crippen LogP contribution in [-0.2, 0) is 47.5 Å². The minimum atomic E-state index is -0.732. The van der Waals surface area contributed by atoms with Crippen LogP contribution in [0.1, 0.15) is 19.8 Å². The second kappa shape index (κ2) is 21.2. The van der Waals surface area contributed by atoms with Crippen molar-refractivity contribution in [3.8, 4) is 12.3 Å². The summed E-state index contributed by atoms with van der Waals surface area (Å²) in [5.41, 5.74) is 5.73. The highest BCUT2D eigenvalue weighted by Gasteiger charge is 2.37. The van der Waals surface area contributed by atoms with E-state index in [0.717, 1.165) is 0 Å². The Balaban J connectivity index is 2.28. The standard InChI is InChI=1S/C25H41N3O10/c1-4-10-33-12-14-35-16-17-36-15-13-34-11-9-27-23(30)18-37-21(7-8-26)24-20(28-19(2)29)5-6-22(38-24)25(31)32-3/h1,6,20-21,24H,5,7-18,26H2,2-3H3,(H,27,30)(H,28,29). The Hall–Kier alpha value is -2.73. The van der Waals surface area contributed by atoms with Crippen LogP contribution in [0, 0.1) is 12.3 Å². The van der Waals surface area contributed by atoms with Crippen LogP contribution in [0.2, 0.25) is 0 Å². The Morgan fingerprint density at radius 1 is 1.11 bits per heavy atom. The molecule has 4 N–H and O–H groups in total. The van der Waals surface area contributed by atoms with Crippen molar-refractivity contribution in [3.63, 3.8) is 0 Å². The molecule has 3 unspecified atom stereocenters. The van der Waals surface area contributed by atoms with Gasteiger partial charge in [0.1, 0.15) is 19.3 Å². The minimum absolute atomic E-state index is 0.0218. The first-order valence-corrected chi connectivity index (χ1v) is 12.5. The molecular formula is C25H41N3O10. The molecule has 0 spiro atoms. The van der Waals surface area contributed by atoms with Gasteiger partial charge in [0.05, 0.1) is 65.5 Å². The smallest absolute Gasteiger partial charge is 0.372 e. The predicted molar refractivity (Wildman–Crippen MR) is 136 cm³/mol. The highest BCUT2D eigenvalue weighted by Crippen LogP contribution is 2.24. The van der Waals surface area contributed by atoms with Gasteiger partial charge >= 0.3 is 5.97 Å². The fourth-order valence-electron chi connectivity index (χ4n) is 3.41. The highest BCUT2D eigenvalue weighted by molar-refractivity contribution is 5.86. The van der Waals surface area contributed by atoms with Crippen molar-refractivity contribution in [1.82, 2.24) is 10.6 Å². The number of nitrogens with one attached hydrogen (secondary N) is 2. The lowest BCUT2D eigenvalue weighted by Gasteiger charge is -2.36. The number of nitrogens with two attached hydrogens (primary N) is 1. The van der Waals surface area contributed by atoms with Gasteiger partial charge in [-0.25, -0.2) is 4.79 Å². The van der Waals surface area contributed by atoms with Gasteiger partial charge in [-0.2, -0.15) is 0 Å².